The molecule has 1 aliphatic heterocycles. The average molecular weight is 355 g/mol. The summed E-state index contributed by atoms with van der Waals surface area (Å²) in [6.45, 7) is 10.1. The van der Waals surface area contributed by atoms with Gasteiger partial charge >= 0.3 is 0 Å². The molecule has 0 aromatic rings. The van der Waals surface area contributed by atoms with E-state index in [0.29, 0.717) is 18.4 Å². The average Bonchev–Trinajstić information content (AvgIpc) is 2.64. The van der Waals surface area contributed by atoms with Gasteiger partial charge in [-0.15, -0.1) is 0 Å². The Morgan fingerprint density at radius 1 is 1.08 bits per heavy atom. The van der Waals surface area contributed by atoms with Crippen molar-refractivity contribution < 1.29 is 14.3 Å². The Hall–Kier alpha value is -0.940. The SMILES string of the molecule is CC.CNC(=O)C1CCC2(CC1)CCN(CCOCCC(C)=O)CC2. The van der Waals surface area contributed by atoms with Crippen LogP contribution in [0.4, 0.5) is 0 Å². The molecule has 2 aliphatic rings. The molecule has 2 fully saturated rings. The van der Waals surface area contributed by atoms with E-state index < -0.39 is 0 Å². The standard InChI is InChI=1S/C18H32N2O3.C2H6/c1-15(21)5-13-23-14-12-20-10-8-18(9-11-20)6-3-16(4-7-18)17(22)19-2;1-2/h16H,3-14H2,1-2H3,(H,19,22);1-2H3. The molecule has 5 heteroatoms. The molecule has 0 unspecified atom stereocenters. The van der Waals surface area contributed by atoms with Crippen molar-refractivity contribution >= 4 is 11.7 Å². The van der Waals surface area contributed by atoms with Crippen LogP contribution < -0.4 is 5.32 Å². The number of likely N-dealkylation sites (tertiary alicyclic amines) is 1. The van der Waals surface area contributed by atoms with Crippen LogP contribution in [0.2, 0.25) is 0 Å². The third-order valence-corrected chi connectivity index (χ3v) is 5.73. The number of carbonyl (C=O) groups excluding carboxylic acids is 2. The molecular weight excluding hydrogens is 316 g/mol. The lowest BCUT2D eigenvalue weighted by Crippen LogP contribution is -2.44. The first-order valence-electron chi connectivity index (χ1n) is 10.1. The lowest BCUT2D eigenvalue weighted by atomic mass is 9.65. The van der Waals surface area contributed by atoms with E-state index in [-0.39, 0.29) is 17.6 Å². The van der Waals surface area contributed by atoms with Crippen LogP contribution in [-0.2, 0) is 14.3 Å². The van der Waals surface area contributed by atoms with Crippen LogP contribution in [0.25, 0.3) is 0 Å². The Kier molecular flexibility index (Phi) is 10.3. The maximum atomic E-state index is 11.7. The van der Waals surface area contributed by atoms with Crippen molar-refractivity contribution in [1.82, 2.24) is 10.2 Å². The van der Waals surface area contributed by atoms with E-state index in [1.807, 2.05) is 13.8 Å². The van der Waals surface area contributed by atoms with Crippen LogP contribution in [-0.4, -0.2) is 56.5 Å². The molecule has 146 valence electrons. The number of ketones is 1. The van der Waals surface area contributed by atoms with Gasteiger partial charge in [-0.25, -0.2) is 0 Å². The number of rotatable bonds is 7. The largest absolute Gasteiger partial charge is 0.380 e. The number of piperidine rings is 1. The zero-order valence-electron chi connectivity index (χ0n) is 16.7. The lowest BCUT2D eigenvalue weighted by molar-refractivity contribution is -0.126. The van der Waals surface area contributed by atoms with Crippen molar-refractivity contribution in [1.29, 1.82) is 0 Å². The van der Waals surface area contributed by atoms with Crippen LogP contribution in [0.1, 0.15) is 65.7 Å². The van der Waals surface area contributed by atoms with E-state index in [1.165, 1.54) is 25.7 Å². The van der Waals surface area contributed by atoms with E-state index >= 15 is 0 Å². The number of hydrogen-bond acceptors (Lipinski definition) is 4. The minimum absolute atomic E-state index is 0.192. The van der Waals surface area contributed by atoms with Gasteiger partial charge in [-0.3, -0.25) is 9.59 Å². The highest BCUT2D eigenvalue weighted by Crippen LogP contribution is 2.46. The molecule has 1 N–H and O–H groups in total. The summed E-state index contributed by atoms with van der Waals surface area (Å²) in [6.07, 6.45) is 7.53. The van der Waals surface area contributed by atoms with Crippen LogP contribution in [0.3, 0.4) is 0 Å². The van der Waals surface area contributed by atoms with Crippen molar-refractivity contribution in [3.05, 3.63) is 0 Å². The van der Waals surface area contributed by atoms with Crippen molar-refractivity contribution in [2.45, 2.75) is 65.7 Å². The predicted octanol–water partition coefficient (Wildman–Crippen LogP) is 3.03. The minimum Gasteiger partial charge on any atom is -0.380 e. The molecule has 25 heavy (non-hydrogen) atoms. The van der Waals surface area contributed by atoms with Gasteiger partial charge < -0.3 is 15.0 Å². The third kappa shape index (κ3) is 7.45. The molecule has 0 bridgehead atoms. The molecule has 1 saturated carbocycles. The first-order valence-corrected chi connectivity index (χ1v) is 10.1. The van der Waals surface area contributed by atoms with Gasteiger partial charge in [-0.2, -0.15) is 0 Å². The van der Waals surface area contributed by atoms with Gasteiger partial charge in [0.2, 0.25) is 5.91 Å². The molecule has 0 aromatic carbocycles. The van der Waals surface area contributed by atoms with E-state index in [0.717, 1.165) is 39.1 Å². The summed E-state index contributed by atoms with van der Waals surface area (Å²) in [4.78, 5) is 25.1. The summed E-state index contributed by atoms with van der Waals surface area (Å²) in [5.74, 6) is 0.649. The molecule has 0 aromatic heterocycles. The Morgan fingerprint density at radius 2 is 1.68 bits per heavy atom. The van der Waals surface area contributed by atoms with Gasteiger partial charge in [-0.1, -0.05) is 13.8 Å². The smallest absolute Gasteiger partial charge is 0.222 e. The number of Topliss-reactive ketones (excluding diaryl/α,β-unsaturated/α-hetero) is 1. The third-order valence-electron chi connectivity index (χ3n) is 5.73. The summed E-state index contributed by atoms with van der Waals surface area (Å²) in [6, 6.07) is 0. The highest BCUT2D eigenvalue weighted by molar-refractivity contribution is 5.78. The van der Waals surface area contributed by atoms with E-state index in [9.17, 15) is 9.59 Å². The molecule has 1 amide bonds. The Labute approximate surface area is 153 Å². The summed E-state index contributed by atoms with van der Waals surface area (Å²) in [7, 11) is 1.74. The molecule has 1 saturated heterocycles. The monoisotopic (exact) mass is 354 g/mol. The zero-order chi connectivity index (χ0) is 18.7. The fraction of sp³-hybridized carbons (Fsp3) is 0.900. The van der Waals surface area contributed by atoms with Crippen molar-refractivity contribution in [2.24, 2.45) is 11.3 Å². The van der Waals surface area contributed by atoms with Crippen LogP contribution >= 0.6 is 0 Å². The van der Waals surface area contributed by atoms with Gasteiger partial charge in [0.05, 0.1) is 13.2 Å². The maximum Gasteiger partial charge on any atom is 0.222 e. The van der Waals surface area contributed by atoms with E-state index in [4.69, 9.17) is 4.74 Å². The Balaban J connectivity index is 0.00000151. The van der Waals surface area contributed by atoms with Crippen LogP contribution in [0.5, 0.6) is 0 Å². The summed E-state index contributed by atoms with van der Waals surface area (Å²) < 4.78 is 5.53. The van der Waals surface area contributed by atoms with Crippen LogP contribution in [0, 0.1) is 11.3 Å². The lowest BCUT2D eigenvalue weighted by Gasteiger charge is -2.45. The summed E-state index contributed by atoms with van der Waals surface area (Å²) in [5.41, 5.74) is 0.483. The molecule has 1 heterocycles. The predicted molar refractivity (Wildman–Crippen MR) is 102 cm³/mol. The number of amides is 1. The quantitative estimate of drug-likeness (QED) is 0.714. The second-order valence-electron chi connectivity index (χ2n) is 7.29. The van der Waals surface area contributed by atoms with Gasteiger partial charge in [0.25, 0.3) is 0 Å². The number of nitrogens with one attached hydrogen (secondary N) is 1. The first kappa shape index (κ1) is 22.1. The Morgan fingerprint density at radius 3 is 2.20 bits per heavy atom. The minimum atomic E-state index is 0.192. The second kappa shape index (κ2) is 11.6. The second-order valence-corrected chi connectivity index (χ2v) is 7.29. The van der Waals surface area contributed by atoms with Gasteiger partial charge in [0.15, 0.2) is 0 Å². The summed E-state index contributed by atoms with van der Waals surface area (Å²) >= 11 is 0. The van der Waals surface area contributed by atoms with E-state index in [1.54, 1.807) is 14.0 Å². The van der Waals surface area contributed by atoms with Gasteiger partial charge in [0.1, 0.15) is 5.78 Å². The van der Waals surface area contributed by atoms with Gasteiger partial charge in [-0.05, 0) is 64.0 Å². The molecule has 0 atom stereocenters. The highest BCUT2D eigenvalue weighted by atomic mass is 16.5. The fourth-order valence-corrected chi connectivity index (χ4v) is 3.96. The molecule has 1 spiro atoms. The maximum absolute atomic E-state index is 11.7. The van der Waals surface area contributed by atoms with Gasteiger partial charge in [0, 0.05) is 25.9 Å². The van der Waals surface area contributed by atoms with E-state index in [2.05, 4.69) is 10.2 Å². The first-order chi connectivity index (χ1) is 12.0. The van der Waals surface area contributed by atoms with Crippen molar-refractivity contribution in [3.8, 4) is 0 Å². The summed E-state index contributed by atoms with van der Waals surface area (Å²) in [5, 5.41) is 2.79. The number of hydrogen-bond donors (Lipinski definition) is 1. The Bertz CT molecular complexity index is 394. The molecular formula is C20H38N2O3. The molecule has 2 rings (SSSR count). The fourth-order valence-electron chi connectivity index (χ4n) is 3.96. The van der Waals surface area contributed by atoms with Crippen molar-refractivity contribution in [3.63, 3.8) is 0 Å². The molecule has 1 aliphatic carbocycles. The number of ether oxygens (including phenoxy) is 1. The molecule has 5 nitrogen and oxygen atoms in total. The number of carbonyl (C=O) groups is 2. The number of nitrogens with zero attached hydrogens (tertiary/aromatic N) is 1. The van der Waals surface area contributed by atoms with Crippen molar-refractivity contribution in [2.75, 3.05) is 39.9 Å². The van der Waals surface area contributed by atoms with Crippen LogP contribution in [0.15, 0.2) is 0 Å². The molecule has 0 radical (unpaired) electrons. The normalized spacial score (nSPS) is 20.6. The highest BCUT2D eigenvalue weighted by Gasteiger charge is 2.39. The zero-order valence-corrected chi connectivity index (χ0v) is 16.7. The topological polar surface area (TPSA) is 58.6 Å².